The number of amides is 1. The number of likely N-dealkylation sites (tertiary alicyclic amines) is 1. The van der Waals surface area contributed by atoms with Crippen molar-refractivity contribution in [2.45, 2.75) is 39.2 Å². The average Bonchev–Trinajstić information content (AvgIpc) is 2.46. The minimum absolute atomic E-state index is 0.0505. The maximum atomic E-state index is 12.0. The molecule has 20 heavy (non-hydrogen) atoms. The Morgan fingerprint density at radius 2 is 1.95 bits per heavy atom. The van der Waals surface area contributed by atoms with Crippen LogP contribution >= 0.6 is 0 Å². The van der Waals surface area contributed by atoms with Gasteiger partial charge >= 0.3 is 5.97 Å². The molecule has 0 radical (unpaired) electrons. The summed E-state index contributed by atoms with van der Waals surface area (Å²) in [6, 6.07) is 7.61. The zero-order chi connectivity index (χ0) is 14.7. The fourth-order valence-electron chi connectivity index (χ4n) is 2.95. The molecule has 1 aliphatic heterocycles. The summed E-state index contributed by atoms with van der Waals surface area (Å²) in [5.74, 6) is -1.28. The highest BCUT2D eigenvalue weighted by molar-refractivity contribution is 5.81. The molecule has 1 aromatic carbocycles. The van der Waals surface area contributed by atoms with E-state index in [1.165, 1.54) is 5.56 Å². The van der Waals surface area contributed by atoms with E-state index in [0.29, 0.717) is 19.4 Å². The molecule has 1 aliphatic rings. The quantitative estimate of drug-likeness (QED) is 0.919. The summed E-state index contributed by atoms with van der Waals surface area (Å²) in [6.45, 7) is 4.52. The van der Waals surface area contributed by atoms with Gasteiger partial charge in [-0.3, -0.25) is 9.59 Å². The van der Waals surface area contributed by atoms with Crippen LogP contribution in [0.4, 0.5) is 0 Å². The molecule has 4 nitrogen and oxygen atoms in total. The molecule has 2 atom stereocenters. The third kappa shape index (κ3) is 2.69. The largest absolute Gasteiger partial charge is 0.481 e. The topological polar surface area (TPSA) is 57.6 Å². The molecular formula is C16H21NO3. The summed E-state index contributed by atoms with van der Waals surface area (Å²) in [6.07, 6.45) is 1.70. The predicted octanol–water partition coefficient (Wildman–Crippen LogP) is 2.63. The molecule has 1 heterocycles. The molecule has 1 aromatic rings. The molecule has 1 saturated heterocycles. The van der Waals surface area contributed by atoms with Crippen molar-refractivity contribution < 1.29 is 14.7 Å². The number of nitrogens with zero attached hydrogens (tertiary/aromatic N) is 1. The number of carboxylic acid groups (broad SMARTS) is 1. The Kier molecular flexibility index (Phi) is 4.42. The average molecular weight is 275 g/mol. The summed E-state index contributed by atoms with van der Waals surface area (Å²) < 4.78 is 0. The van der Waals surface area contributed by atoms with E-state index >= 15 is 0 Å². The molecule has 2 rings (SSSR count). The molecule has 2 unspecified atom stereocenters. The van der Waals surface area contributed by atoms with Crippen LogP contribution < -0.4 is 0 Å². The van der Waals surface area contributed by atoms with Crippen LogP contribution in [0, 0.1) is 5.92 Å². The number of benzene rings is 1. The van der Waals surface area contributed by atoms with Crippen molar-refractivity contribution >= 4 is 11.9 Å². The van der Waals surface area contributed by atoms with Gasteiger partial charge in [0.25, 0.3) is 0 Å². The Morgan fingerprint density at radius 3 is 2.45 bits per heavy atom. The van der Waals surface area contributed by atoms with Crippen LogP contribution in [0.1, 0.15) is 43.9 Å². The summed E-state index contributed by atoms with van der Waals surface area (Å²) in [5, 5.41) is 9.43. The first-order chi connectivity index (χ1) is 9.58. The van der Waals surface area contributed by atoms with Crippen LogP contribution in [0.25, 0.3) is 0 Å². The van der Waals surface area contributed by atoms with Crippen LogP contribution in [-0.4, -0.2) is 28.4 Å². The van der Waals surface area contributed by atoms with Gasteiger partial charge in [0, 0.05) is 13.0 Å². The Hall–Kier alpha value is -1.84. The van der Waals surface area contributed by atoms with Gasteiger partial charge in [-0.05, 0) is 30.9 Å². The van der Waals surface area contributed by atoms with Crippen molar-refractivity contribution in [3.63, 3.8) is 0 Å². The number of hydrogen-bond acceptors (Lipinski definition) is 2. The number of aliphatic carboxylic acids is 1. The van der Waals surface area contributed by atoms with Crippen molar-refractivity contribution in [3.05, 3.63) is 35.4 Å². The van der Waals surface area contributed by atoms with Crippen LogP contribution in [0.3, 0.4) is 0 Å². The summed E-state index contributed by atoms with van der Waals surface area (Å²) in [4.78, 5) is 25.2. The molecule has 4 heteroatoms. The number of carboxylic acids is 1. The normalized spacial score (nSPS) is 22.9. The highest BCUT2D eigenvalue weighted by Crippen LogP contribution is 2.36. The number of hydrogen-bond donors (Lipinski definition) is 1. The van der Waals surface area contributed by atoms with Gasteiger partial charge in [0.15, 0.2) is 0 Å². The smallest absolute Gasteiger partial charge is 0.308 e. The molecule has 0 aliphatic carbocycles. The van der Waals surface area contributed by atoms with Gasteiger partial charge in [0.1, 0.15) is 0 Å². The lowest BCUT2D eigenvalue weighted by Gasteiger charge is -2.39. The highest BCUT2D eigenvalue weighted by atomic mass is 16.4. The Labute approximate surface area is 119 Å². The highest BCUT2D eigenvalue weighted by Gasteiger charge is 2.39. The van der Waals surface area contributed by atoms with Crippen molar-refractivity contribution in [1.82, 2.24) is 4.90 Å². The molecule has 0 aromatic heterocycles. The van der Waals surface area contributed by atoms with Crippen molar-refractivity contribution in [2.75, 3.05) is 6.54 Å². The first-order valence-electron chi connectivity index (χ1n) is 7.19. The fraction of sp³-hybridized carbons (Fsp3) is 0.500. The molecule has 0 spiro atoms. The van der Waals surface area contributed by atoms with Gasteiger partial charge in [-0.1, -0.05) is 31.2 Å². The fourth-order valence-corrected chi connectivity index (χ4v) is 2.95. The van der Waals surface area contributed by atoms with Gasteiger partial charge in [0.2, 0.25) is 5.91 Å². The Balaban J connectivity index is 2.38. The van der Waals surface area contributed by atoms with Gasteiger partial charge in [-0.15, -0.1) is 0 Å². The second-order valence-corrected chi connectivity index (χ2v) is 5.20. The van der Waals surface area contributed by atoms with Crippen LogP contribution in [0.15, 0.2) is 24.3 Å². The van der Waals surface area contributed by atoms with E-state index in [1.54, 1.807) is 4.90 Å². The molecule has 1 N–H and O–H groups in total. The lowest BCUT2D eigenvalue weighted by molar-refractivity contribution is -0.151. The predicted molar refractivity (Wildman–Crippen MR) is 76.3 cm³/mol. The summed E-state index contributed by atoms with van der Waals surface area (Å²) in [7, 11) is 0. The molecule has 0 saturated carbocycles. The van der Waals surface area contributed by atoms with E-state index in [4.69, 9.17) is 0 Å². The van der Waals surface area contributed by atoms with E-state index in [9.17, 15) is 14.7 Å². The zero-order valence-electron chi connectivity index (χ0n) is 12.0. The Morgan fingerprint density at radius 1 is 1.30 bits per heavy atom. The van der Waals surface area contributed by atoms with Crippen molar-refractivity contribution in [3.8, 4) is 0 Å². The van der Waals surface area contributed by atoms with Crippen molar-refractivity contribution in [1.29, 1.82) is 0 Å². The van der Waals surface area contributed by atoms with Crippen LogP contribution in [0.2, 0.25) is 0 Å². The van der Waals surface area contributed by atoms with Crippen molar-refractivity contribution in [2.24, 2.45) is 5.92 Å². The summed E-state index contributed by atoms with van der Waals surface area (Å²) in [5.41, 5.74) is 2.13. The summed E-state index contributed by atoms with van der Waals surface area (Å²) >= 11 is 0. The van der Waals surface area contributed by atoms with E-state index in [-0.39, 0.29) is 11.9 Å². The lowest BCUT2D eigenvalue weighted by Crippen LogP contribution is -2.45. The Bertz CT molecular complexity index is 493. The number of aryl methyl sites for hydroxylation is 1. The van der Waals surface area contributed by atoms with Gasteiger partial charge in [-0.2, -0.15) is 0 Å². The van der Waals surface area contributed by atoms with E-state index in [0.717, 1.165) is 12.0 Å². The molecule has 108 valence electrons. The van der Waals surface area contributed by atoms with Crippen LogP contribution in [0.5, 0.6) is 0 Å². The second-order valence-electron chi connectivity index (χ2n) is 5.20. The molecule has 0 bridgehead atoms. The van der Waals surface area contributed by atoms with Crippen LogP contribution in [-0.2, 0) is 16.0 Å². The zero-order valence-corrected chi connectivity index (χ0v) is 12.0. The maximum Gasteiger partial charge on any atom is 0.308 e. The van der Waals surface area contributed by atoms with E-state index in [1.807, 2.05) is 31.2 Å². The molecular weight excluding hydrogens is 254 g/mol. The third-order valence-corrected chi connectivity index (χ3v) is 4.09. The van der Waals surface area contributed by atoms with Gasteiger partial charge in [0.05, 0.1) is 12.0 Å². The first-order valence-corrected chi connectivity index (χ1v) is 7.19. The second kappa shape index (κ2) is 6.07. The minimum atomic E-state index is -0.819. The van der Waals surface area contributed by atoms with E-state index in [2.05, 4.69) is 6.92 Å². The maximum absolute atomic E-state index is 12.0. The number of carbonyl (C=O) groups is 2. The number of rotatable bonds is 4. The van der Waals surface area contributed by atoms with Gasteiger partial charge < -0.3 is 10.0 Å². The SMILES string of the molecule is CCc1ccc(C2C(C(=O)O)CCC(=O)N2CC)cc1. The van der Waals surface area contributed by atoms with Gasteiger partial charge in [-0.25, -0.2) is 0 Å². The first kappa shape index (κ1) is 14.6. The third-order valence-electron chi connectivity index (χ3n) is 4.09. The monoisotopic (exact) mass is 275 g/mol. The van der Waals surface area contributed by atoms with E-state index < -0.39 is 11.9 Å². The molecule has 1 fully saturated rings. The minimum Gasteiger partial charge on any atom is -0.481 e. The molecule has 1 amide bonds. The standard InChI is InChI=1S/C16H21NO3/c1-3-11-5-7-12(8-6-11)15-13(16(19)20)9-10-14(18)17(15)4-2/h5-8,13,15H,3-4,9-10H2,1-2H3,(H,19,20). The number of carbonyl (C=O) groups excluding carboxylic acids is 1. The lowest BCUT2D eigenvalue weighted by atomic mass is 9.84. The number of piperidine rings is 1.